The molecule has 1 aliphatic heterocycles. The minimum absolute atomic E-state index is 0.0139. The van der Waals surface area contributed by atoms with E-state index in [1.807, 2.05) is 12.1 Å². The van der Waals surface area contributed by atoms with Gasteiger partial charge in [0.25, 0.3) is 0 Å². The average molecular weight is 460 g/mol. The van der Waals surface area contributed by atoms with Gasteiger partial charge in [0, 0.05) is 29.8 Å². The Morgan fingerprint density at radius 1 is 1.28 bits per heavy atom. The van der Waals surface area contributed by atoms with Crippen molar-refractivity contribution >= 4 is 38.2 Å². The van der Waals surface area contributed by atoms with Gasteiger partial charge in [0.15, 0.2) is 0 Å². The number of hydrogen-bond acceptors (Lipinski definition) is 5. The number of hydrogen-bond donors (Lipinski definition) is 2. The zero-order valence-electron chi connectivity index (χ0n) is 17.8. The van der Waals surface area contributed by atoms with Crippen molar-refractivity contribution in [3.8, 4) is 11.1 Å². The first-order valence-corrected chi connectivity index (χ1v) is 10.9. The van der Waals surface area contributed by atoms with Crippen LogP contribution in [-0.4, -0.2) is 60.8 Å². The smallest absolute Gasteiger partial charge is 0.427 e. The summed E-state index contributed by atoms with van der Waals surface area (Å²) in [4.78, 5) is 25.7. The maximum atomic E-state index is 14.2. The maximum absolute atomic E-state index is 14.2. The summed E-state index contributed by atoms with van der Waals surface area (Å²) in [6, 6.07) is 11.4. The predicted molar refractivity (Wildman–Crippen MR) is 124 cm³/mol. The van der Waals surface area contributed by atoms with Crippen molar-refractivity contribution < 1.29 is 28.8 Å². The van der Waals surface area contributed by atoms with E-state index >= 15 is 0 Å². The highest BCUT2D eigenvalue weighted by Crippen LogP contribution is 2.36. The number of amides is 1. The van der Waals surface area contributed by atoms with Crippen LogP contribution in [0.2, 0.25) is 11.8 Å². The van der Waals surface area contributed by atoms with E-state index in [1.165, 1.54) is 23.8 Å². The van der Waals surface area contributed by atoms with Crippen molar-refractivity contribution in [3.63, 3.8) is 0 Å². The number of nitrogens with zero attached hydrogens (tertiary/aromatic N) is 1. The summed E-state index contributed by atoms with van der Waals surface area (Å²) in [5.41, 5.74) is 1.98. The molecule has 1 aliphatic rings. The highest BCUT2D eigenvalue weighted by molar-refractivity contribution is 6.66. The molecule has 0 radical (unpaired) electrons. The minimum atomic E-state index is -1.02. The van der Waals surface area contributed by atoms with Gasteiger partial charge in [-0.1, -0.05) is 35.9 Å². The van der Waals surface area contributed by atoms with Gasteiger partial charge < -0.3 is 24.4 Å². The lowest BCUT2D eigenvalue weighted by molar-refractivity contribution is -0.128. The molecule has 2 aromatic carbocycles. The molecule has 1 heterocycles. The Morgan fingerprint density at radius 3 is 2.62 bits per heavy atom. The van der Waals surface area contributed by atoms with Crippen molar-refractivity contribution in [1.29, 1.82) is 0 Å². The molecule has 10 heteroatoms. The lowest BCUT2D eigenvalue weighted by Crippen LogP contribution is -2.40. The van der Waals surface area contributed by atoms with Crippen LogP contribution < -0.4 is 0 Å². The molecule has 0 aliphatic carbocycles. The molecule has 1 saturated heterocycles. The molecule has 168 valence electrons. The molecule has 0 bridgehead atoms. The second-order valence-electron chi connectivity index (χ2n) is 7.97. The van der Waals surface area contributed by atoms with Crippen LogP contribution in [0, 0.1) is 17.7 Å². The Morgan fingerprint density at radius 2 is 2.00 bits per heavy atom. The lowest BCUT2D eigenvalue weighted by atomic mass is 9.83. The second-order valence-corrected chi connectivity index (χ2v) is 8.40. The van der Waals surface area contributed by atoms with Crippen LogP contribution >= 0.6 is 11.6 Å². The molecular formula is C22H25B2ClFNO5. The molecule has 6 nitrogen and oxygen atoms in total. The van der Waals surface area contributed by atoms with Crippen LogP contribution in [0.5, 0.6) is 0 Å². The zero-order valence-corrected chi connectivity index (χ0v) is 18.5. The SMILES string of the molecule is CB(O)OCC1C(=O)N(BC=O)C(Cc2ccc(-c3cc(Cl)ccc3F)cc2)C1CCO. The predicted octanol–water partition coefficient (Wildman–Crippen LogP) is 2.18. The average Bonchev–Trinajstić information content (AvgIpc) is 3.00. The Kier molecular flexibility index (Phi) is 8.48. The van der Waals surface area contributed by atoms with Crippen LogP contribution in [0.15, 0.2) is 42.5 Å². The Bertz CT molecular complexity index is 946. The molecule has 32 heavy (non-hydrogen) atoms. The summed E-state index contributed by atoms with van der Waals surface area (Å²) in [6.45, 7) is 1.37. The number of rotatable bonds is 10. The summed E-state index contributed by atoms with van der Waals surface area (Å²) in [5.74, 6) is -1.39. The van der Waals surface area contributed by atoms with Gasteiger partial charge in [0.1, 0.15) is 12.0 Å². The van der Waals surface area contributed by atoms with Crippen LogP contribution in [0.4, 0.5) is 4.39 Å². The number of halogens is 2. The molecule has 0 saturated carbocycles. The van der Waals surface area contributed by atoms with E-state index in [0.29, 0.717) is 35.2 Å². The van der Waals surface area contributed by atoms with E-state index in [-0.39, 0.29) is 44.3 Å². The fourth-order valence-corrected chi connectivity index (χ4v) is 4.56. The number of aliphatic hydroxyl groups is 1. The Balaban J connectivity index is 1.84. The van der Waals surface area contributed by atoms with Gasteiger partial charge in [-0.25, -0.2) is 4.39 Å². The number of carbonyl (C=O) groups is 2. The highest BCUT2D eigenvalue weighted by Gasteiger charge is 2.47. The van der Waals surface area contributed by atoms with Crippen LogP contribution in [0.25, 0.3) is 11.1 Å². The third kappa shape index (κ3) is 5.59. The first-order valence-electron chi connectivity index (χ1n) is 10.5. The highest BCUT2D eigenvalue weighted by atomic mass is 35.5. The van der Waals surface area contributed by atoms with Gasteiger partial charge in [-0.15, -0.1) is 0 Å². The van der Waals surface area contributed by atoms with Crippen molar-refractivity contribution in [1.82, 2.24) is 4.81 Å². The molecule has 1 amide bonds. The van der Waals surface area contributed by atoms with E-state index in [1.54, 1.807) is 18.2 Å². The van der Waals surface area contributed by atoms with Crippen molar-refractivity contribution in [2.75, 3.05) is 13.2 Å². The van der Waals surface area contributed by atoms with Crippen LogP contribution in [0.3, 0.4) is 0 Å². The van der Waals surface area contributed by atoms with E-state index in [0.717, 1.165) is 5.56 Å². The van der Waals surface area contributed by atoms with E-state index in [9.17, 15) is 24.1 Å². The first kappa shape index (κ1) is 24.5. The monoisotopic (exact) mass is 459 g/mol. The summed E-state index contributed by atoms with van der Waals surface area (Å²) < 4.78 is 19.5. The molecule has 1 fully saturated rings. The lowest BCUT2D eigenvalue weighted by Gasteiger charge is -2.27. The standard InChI is InChI=1S/C22H25B2ClFNO5/c1-24(31)32-12-19-17(8-9-28)21(27(22(19)30)23-13-29)10-14-2-4-15(5-3-14)18-11-16(25)6-7-20(18)26/h2-7,11,13,17,19,21,23,28,31H,8-10,12H2,1H3. The second kappa shape index (κ2) is 11.1. The van der Waals surface area contributed by atoms with Gasteiger partial charge in [-0.05, 0) is 54.9 Å². The topological polar surface area (TPSA) is 87.1 Å². The molecule has 0 spiro atoms. The molecular weight excluding hydrogens is 434 g/mol. The quantitative estimate of drug-likeness (QED) is 0.420. The number of carbonyl (C=O) groups excluding carboxylic acids is 2. The van der Waals surface area contributed by atoms with Gasteiger partial charge in [0.2, 0.25) is 5.91 Å². The van der Waals surface area contributed by atoms with Crippen molar-refractivity contribution in [3.05, 3.63) is 58.9 Å². The maximum Gasteiger partial charge on any atom is 0.450 e. The first-order chi connectivity index (χ1) is 15.3. The van der Waals surface area contributed by atoms with Gasteiger partial charge in [-0.3, -0.25) is 4.79 Å². The third-order valence-corrected chi connectivity index (χ3v) is 6.14. The summed E-state index contributed by atoms with van der Waals surface area (Å²) >= 11 is 6.00. The van der Waals surface area contributed by atoms with Gasteiger partial charge >= 0.3 is 14.5 Å². The largest absolute Gasteiger partial charge is 0.450 e. The minimum Gasteiger partial charge on any atom is -0.427 e. The van der Waals surface area contributed by atoms with Gasteiger partial charge in [-0.2, -0.15) is 0 Å². The van der Waals surface area contributed by atoms with E-state index in [4.69, 9.17) is 16.3 Å². The van der Waals surface area contributed by atoms with Crippen LogP contribution in [0.1, 0.15) is 12.0 Å². The fraction of sp³-hybridized carbons (Fsp3) is 0.364. The fourth-order valence-electron chi connectivity index (χ4n) is 4.39. The Hall–Kier alpha value is -2.19. The van der Waals surface area contributed by atoms with Gasteiger partial charge in [0.05, 0.1) is 5.92 Å². The van der Waals surface area contributed by atoms with Crippen molar-refractivity contribution in [2.24, 2.45) is 11.8 Å². The summed E-state index contributed by atoms with van der Waals surface area (Å²) in [6.07, 6.45) is 1.52. The third-order valence-electron chi connectivity index (χ3n) is 5.90. The summed E-state index contributed by atoms with van der Waals surface area (Å²) in [7, 11) is -1.07. The molecule has 2 N–H and O–H groups in total. The molecule has 3 rings (SSSR count). The number of benzene rings is 2. The van der Waals surface area contributed by atoms with E-state index in [2.05, 4.69) is 0 Å². The molecule has 2 aromatic rings. The number of aliphatic hydroxyl groups excluding tert-OH is 1. The molecule has 3 atom stereocenters. The normalized spacial score (nSPS) is 20.5. The van der Waals surface area contributed by atoms with Crippen molar-refractivity contribution in [2.45, 2.75) is 25.7 Å². The van der Waals surface area contributed by atoms with E-state index < -0.39 is 13.0 Å². The Labute approximate surface area is 192 Å². The zero-order chi connectivity index (χ0) is 23.3. The summed E-state index contributed by atoms with van der Waals surface area (Å²) in [5, 5.41) is 19.5. The molecule has 3 unspecified atom stereocenters. The van der Waals surface area contributed by atoms with Crippen LogP contribution in [-0.2, 0) is 20.7 Å². The molecule has 0 aromatic heterocycles.